The molecule has 0 aromatic heterocycles. The van der Waals surface area contributed by atoms with E-state index in [0.717, 1.165) is 77.0 Å². The number of rotatable bonds is 61. The zero-order valence-electron chi connectivity index (χ0n) is 53.6. The van der Waals surface area contributed by atoms with Crippen LogP contribution in [0.1, 0.15) is 380 Å². The van der Waals surface area contributed by atoms with Gasteiger partial charge in [-0.1, -0.05) is 329 Å². The lowest BCUT2D eigenvalue weighted by molar-refractivity contribution is -0.253. The standard InChI is InChI=1S/C70H130O12/c1-4-7-10-13-16-19-22-25-28-31-34-37-40-43-46-49-52-55-61(73)79-67-65(77)66(78)68(80-64(76)59-58-60(71)72)70(82-63(75)57-54-51-48-45-42-39-36-33-30-27-24-21-18-15-12-9-6-3)69(67)81-62(74)56-53-50-47-44-41-38-35-32-29-26-23-20-17-14-11-8-5-2/h65-70,77-78H,4-59H2,1-3H3,(H,71,72)/t65-,66-,67+,68-,69-,70-/m0/s1. The summed E-state index contributed by atoms with van der Waals surface area (Å²) in [7, 11) is 0. The monoisotopic (exact) mass is 1160 g/mol. The lowest BCUT2D eigenvalue weighted by Gasteiger charge is -2.45. The van der Waals surface area contributed by atoms with Gasteiger partial charge in [-0.05, 0) is 19.3 Å². The Kier molecular flexibility index (Phi) is 54.1. The summed E-state index contributed by atoms with van der Waals surface area (Å²) >= 11 is 0. The van der Waals surface area contributed by atoms with Crippen molar-refractivity contribution in [2.75, 3.05) is 0 Å². The minimum absolute atomic E-state index is 0.0110. The second-order valence-corrected chi connectivity index (χ2v) is 24.9. The second-order valence-electron chi connectivity index (χ2n) is 24.9. The minimum Gasteiger partial charge on any atom is -0.481 e. The molecule has 6 atom stereocenters. The topological polar surface area (TPSA) is 183 Å². The van der Waals surface area contributed by atoms with E-state index in [4.69, 9.17) is 18.9 Å². The molecule has 1 rings (SSSR count). The van der Waals surface area contributed by atoms with Crippen LogP contribution >= 0.6 is 0 Å². The number of aliphatic hydroxyl groups is 2. The highest BCUT2D eigenvalue weighted by Crippen LogP contribution is 2.33. The third kappa shape index (κ3) is 45.6. The van der Waals surface area contributed by atoms with Crippen LogP contribution in [0.25, 0.3) is 0 Å². The number of carbonyl (C=O) groups excluding carboxylic acids is 4. The average molecular weight is 1160 g/mol. The number of carboxylic acids is 1. The molecule has 0 heterocycles. The van der Waals surface area contributed by atoms with E-state index in [-0.39, 0.29) is 19.3 Å². The van der Waals surface area contributed by atoms with Crippen molar-refractivity contribution in [3.05, 3.63) is 0 Å². The Morgan fingerprint density at radius 3 is 0.573 bits per heavy atom. The zero-order valence-corrected chi connectivity index (χ0v) is 53.6. The van der Waals surface area contributed by atoms with Gasteiger partial charge in [0.2, 0.25) is 0 Å². The molecule has 1 aliphatic carbocycles. The zero-order chi connectivity index (χ0) is 59.8. The van der Waals surface area contributed by atoms with Crippen LogP contribution in [-0.4, -0.2) is 81.8 Å². The molecule has 0 aromatic rings. The first kappa shape index (κ1) is 77.3. The van der Waals surface area contributed by atoms with E-state index in [1.165, 1.54) is 231 Å². The van der Waals surface area contributed by atoms with E-state index in [2.05, 4.69) is 20.8 Å². The highest BCUT2D eigenvalue weighted by atomic mass is 16.6. The molecule has 482 valence electrons. The third-order valence-corrected chi connectivity index (χ3v) is 17.1. The maximum absolute atomic E-state index is 13.7. The number of aliphatic carboxylic acids is 1. The van der Waals surface area contributed by atoms with Gasteiger partial charge in [-0.25, -0.2) is 0 Å². The van der Waals surface area contributed by atoms with Gasteiger partial charge in [-0.2, -0.15) is 0 Å². The highest BCUT2D eigenvalue weighted by molar-refractivity contribution is 5.77. The third-order valence-electron chi connectivity index (χ3n) is 17.1. The largest absolute Gasteiger partial charge is 0.481 e. The van der Waals surface area contributed by atoms with Crippen LogP contribution in [0.4, 0.5) is 0 Å². The Labute approximate surface area is 503 Å². The van der Waals surface area contributed by atoms with Gasteiger partial charge in [0.25, 0.3) is 0 Å². The molecule has 0 aliphatic heterocycles. The fourth-order valence-corrected chi connectivity index (χ4v) is 11.7. The van der Waals surface area contributed by atoms with Crippen LogP contribution in [0, 0.1) is 0 Å². The maximum Gasteiger partial charge on any atom is 0.306 e. The van der Waals surface area contributed by atoms with Crippen molar-refractivity contribution in [3.63, 3.8) is 0 Å². The van der Waals surface area contributed by atoms with Crippen LogP contribution in [0.2, 0.25) is 0 Å². The van der Waals surface area contributed by atoms with E-state index in [0.29, 0.717) is 19.3 Å². The van der Waals surface area contributed by atoms with Crippen LogP contribution in [0.5, 0.6) is 0 Å². The van der Waals surface area contributed by atoms with Crippen molar-refractivity contribution >= 4 is 29.8 Å². The number of esters is 4. The molecule has 12 nitrogen and oxygen atoms in total. The molecule has 12 heteroatoms. The molecule has 0 radical (unpaired) electrons. The number of carboxylic acid groups (broad SMARTS) is 1. The molecule has 0 amide bonds. The van der Waals surface area contributed by atoms with E-state index in [9.17, 15) is 39.3 Å². The molecule has 82 heavy (non-hydrogen) atoms. The molecule has 1 saturated carbocycles. The Bertz CT molecular complexity index is 1490. The molecular weight excluding hydrogens is 1030 g/mol. The molecule has 1 fully saturated rings. The number of unbranched alkanes of at least 4 members (excludes halogenated alkanes) is 48. The smallest absolute Gasteiger partial charge is 0.306 e. The number of aliphatic hydroxyl groups excluding tert-OH is 2. The van der Waals surface area contributed by atoms with Crippen molar-refractivity contribution < 1.29 is 58.2 Å². The predicted molar refractivity (Wildman–Crippen MR) is 335 cm³/mol. The van der Waals surface area contributed by atoms with E-state index in [1.807, 2.05) is 0 Å². The summed E-state index contributed by atoms with van der Waals surface area (Å²) in [6.07, 6.45) is 49.7. The number of carbonyl (C=O) groups is 5. The van der Waals surface area contributed by atoms with Gasteiger partial charge in [0.05, 0.1) is 12.8 Å². The quantitative estimate of drug-likeness (QED) is 0.0298. The Morgan fingerprint density at radius 1 is 0.232 bits per heavy atom. The van der Waals surface area contributed by atoms with Gasteiger partial charge in [0.15, 0.2) is 24.4 Å². The molecule has 0 saturated heterocycles. The van der Waals surface area contributed by atoms with Crippen LogP contribution in [0.3, 0.4) is 0 Å². The highest BCUT2D eigenvalue weighted by Gasteiger charge is 2.57. The summed E-state index contributed by atoms with van der Waals surface area (Å²) in [5, 5.41) is 32.4. The van der Waals surface area contributed by atoms with Gasteiger partial charge < -0.3 is 34.3 Å². The van der Waals surface area contributed by atoms with E-state index < -0.39 is 79.3 Å². The summed E-state index contributed by atoms with van der Waals surface area (Å²) < 4.78 is 23.4. The van der Waals surface area contributed by atoms with Crippen LogP contribution in [0.15, 0.2) is 0 Å². The normalized spacial score (nSPS) is 17.9. The summed E-state index contributed by atoms with van der Waals surface area (Å²) in [6.45, 7) is 6.77. The van der Waals surface area contributed by atoms with Gasteiger partial charge >= 0.3 is 29.8 Å². The van der Waals surface area contributed by atoms with E-state index in [1.54, 1.807) is 0 Å². The second kappa shape index (κ2) is 57.3. The number of ether oxygens (including phenoxy) is 4. The minimum atomic E-state index is -1.91. The fraction of sp³-hybridized carbons (Fsp3) is 0.929. The molecule has 1 aliphatic rings. The van der Waals surface area contributed by atoms with Gasteiger partial charge in [0, 0.05) is 19.3 Å². The summed E-state index contributed by atoms with van der Waals surface area (Å²) in [6, 6.07) is 0. The van der Waals surface area contributed by atoms with Crippen molar-refractivity contribution in [3.8, 4) is 0 Å². The summed E-state index contributed by atoms with van der Waals surface area (Å²) in [4.78, 5) is 65.3. The van der Waals surface area contributed by atoms with Crippen LogP contribution < -0.4 is 0 Å². The SMILES string of the molecule is CCCCCCCCCCCCCCCCCCCC(=O)O[C@@H]1[C@@H](OC(=O)CCCCCCCCCCCCCCCCCCC)[C@@H](OC(=O)CCC(=O)O)[C@@H](O)[C@H](O)[C@H]1OC(=O)CCCCCCCCCCCCCCCCCCC. The number of hydrogen-bond donors (Lipinski definition) is 3. The van der Waals surface area contributed by atoms with Gasteiger partial charge in [-0.3, -0.25) is 24.0 Å². The Hall–Kier alpha value is -2.73. The lowest BCUT2D eigenvalue weighted by atomic mass is 9.84. The average Bonchev–Trinajstić information content (AvgIpc) is 3.53. The Balaban J connectivity index is 2.84. The maximum atomic E-state index is 13.7. The van der Waals surface area contributed by atoms with Gasteiger partial charge in [0.1, 0.15) is 12.2 Å². The lowest BCUT2D eigenvalue weighted by Crippen LogP contribution is -2.67. The predicted octanol–water partition coefficient (Wildman–Crippen LogP) is 19.4. The number of hydrogen-bond acceptors (Lipinski definition) is 11. The first-order valence-corrected chi connectivity index (χ1v) is 35.4. The molecule has 0 spiro atoms. The molecule has 0 unspecified atom stereocenters. The Morgan fingerprint density at radius 2 is 0.390 bits per heavy atom. The first-order chi connectivity index (χ1) is 40.0. The van der Waals surface area contributed by atoms with Crippen molar-refractivity contribution in [2.24, 2.45) is 0 Å². The first-order valence-electron chi connectivity index (χ1n) is 35.4. The molecule has 3 N–H and O–H groups in total. The summed E-state index contributed by atoms with van der Waals surface area (Å²) in [5.74, 6) is -4.23. The fourth-order valence-electron chi connectivity index (χ4n) is 11.7. The molecule has 0 aromatic carbocycles. The molecule has 0 bridgehead atoms. The van der Waals surface area contributed by atoms with Crippen molar-refractivity contribution in [1.29, 1.82) is 0 Å². The van der Waals surface area contributed by atoms with E-state index >= 15 is 0 Å². The van der Waals surface area contributed by atoms with Crippen LogP contribution in [-0.2, 0) is 42.9 Å². The molecular formula is C70H130O12. The van der Waals surface area contributed by atoms with Gasteiger partial charge in [-0.15, -0.1) is 0 Å². The summed E-state index contributed by atoms with van der Waals surface area (Å²) in [5.41, 5.74) is 0. The van der Waals surface area contributed by atoms with Crippen molar-refractivity contribution in [2.45, 2.75) is 417 Å². The van der Waals surface area contributed by atoms with Crippen molar-refractivity contribution in [1.82, 2.24) is 0 Å².